The first-order chi connectivity index (χ1) is 18.7. The minimum Gasteiger partial charge on any atom is -0.481 e. The third-order valence-electron chi connectivity index (χ3n) is 8.75. The fourth-order valence-electron chi connectivity index (χ4n) is 6.01. The Balaban J connectivity index is 1.18. The quantitative estimate of drug-likeness (QED) is 0.270. The second kappa shape index (κ2) is 10.2. The Kier molecular flexibility index (Phi) is 6.96. The first kappa shape index (κ1) is 26.7. The highest BCUT2D eigenvalue weighted by Gasteiger charge is 2.50. The van der Waals surface area contributed by atoms with Crippen molar-refractivity contribution in [1.82, 2.24) is 20.3 Å². The van der Waals surface area contributed by atoms with E-state index in [2.05, 4.69) is 29.1 Å². The van der Waals surface area contributed by atoms with Gasteiger partial charge in [0.05, 0.1) is 28.2 Å². The number of hydrogen-bond acceptors (Lipinski definition) is 8. The number of rotatable bonds is 10. The van der Waals surface area contributed by atoms with Crippen LogP contribution in [0.4, 0.5) is 0 Å². The molecular formula is C28H32Cl2N4O5. The maximum atomic E-state index is 11.3. The van der Waals surface area contributed by atoms with Gasteiger partial charge in [0.25, 0.3) is 0 Å². The van der Waals surface area contributed by atoms with Gasteiger partial charge in [-0.3, -0.25) is 9.78 Å². The van der Waals surface area contributed by atoms with Crippen molar-refractivity contribution < 1.29 is 23.7 Å². The van der Waals surface area contributed by atoms with E-state index >= 15 is 0 Å². The number of hydrogen-bond donors (Lipinski definition) is 1. The number of halogens is 2. The van der Waals surface area contributed by atoms with Crippen LogP contribution in [0.25, 0.3) is 11.3 Å². The maximum Gasteiger partial charge on any atom is 0.307 e. The van der Waals surface area contributed by atoms with Gasteiger partial charge in [0.15, 0.2) is 5.82 Å². The number of pyridine rings is 1. The van der Waals surface area contributed by atoms with Crippen molar-refractivity contribution >= 4 is 29.2 Å². The molecule has 3 aliphatic rings. The molecule has 2 atom stereocenters. The normalized spacial score (nSPS) is 28.5. The molecule has 208 valence electrons. The van der Waals surface area contributed by atoms with E-state index in [-0.39, 0.29) is 16.9 Å². The molecule has 3 aliphatic carbocycles. The molecule has 3 aromatic heterocycles. The fourth-order valence-corrected chi connectivity index (χ4v) is 6.56. The van der Waals surface area contributed by atoms with Gasteiger partial charge in [0.2, 0.25) is 5.89 Å². The SMILES string of the molecule is CCCC1(c2nc(C3CC3C(=O)O)no2)CCC(C)(OCc2c(-c3c(Cl)cncc3Cl)noc2C2CC2)CC1. The van der Waals surface area contributed by atoms with Crippen LogP contribution in [-0.2, 0) is 21.6 Å². The highest BCUT2D eigenvalue weighted by Crippen LogP contribution is 2.51. The first-order valence-electron chi connectivity index (χ1n) is 13.7. The highest BCUT2D eigenvalue weighted by molar-refractivity contribution is 6.38. The van der Waals surface area contributed by atoms with Crippen LogP contribution in [0.3, 0.4) is 0 Å². The predicted molar refractivity (Wildman–Crippen MR) is 143 cm³/mol. The minimum atomic E-state index is -0.797. The smallest absolute Gasteiger partial charge is 0.307 e. The summed E-state index contributed by atoms with van der Waals surface area (Å²) in [7, 11) is 0. The van der Waals surface area contributed by atoms with Crippen LogP contribution in [0.15, 0.2) is 21.4 Å². The lowest BCUT2D eigenvalue weighted by Crippen LogP contribution is -2.41. The number of carboxylic acids is 1. The molecule has 2 unspecified atom stereocenters. The fraction of sp³-hybridized carbons (Fsp3) is 0.607. The molecule has 3 heterocycles. The zero-order chi connectivity index (χ0) is 27.4. The Labute approximate surface area is 236 Å². The van der Waals surface area contributed by atoms with Crippen molar-refractivity contribution in [3.8, 4) is 11.3 Å². The van der Waals surface area contributed by atoms with Crippen LogP contribution < -0.4 is 0 Å². The molecule has 9 nitrogen and oxygen atoms in total. The second-order valence-electron chi connectivity index (χ2n) is 11.6. The van der Waals surface area contributed by atoms with Crippen LogP contribution >= 0.6 is 23.2 Å². The molecule has 0 aromatic carbocycles. The van der Waals surface area contributed by atoms with Gasteiger partial charge >= 0.3 is 5.97 Å². The molecule has 1 N–H and O–H groups in total. The molecule has 0 radical (unpaired) electrons. The number of carbonyl (C=O) groups is 1. The number of aliphatic carboxylic acids is 1. The lowest BCUT2D eigenvalue weighted by atomic mass is 9.66. The Morgan fingerprint density at radius 3 is 2.46 bits per heavy atom. The third-order valence-corrected chi connectivity index (χ3v) is 9.32. The van der Waals surface area contributed by atoms with Crippen molar-refractivity contribution in [3.63, 3.8) is 0 Å². The number of ether oxygens (including phenoxy) is 1. The lowest BCUT2D eigenvalue weighted by Gasteiger charge is -2.43. The molecule has 3 fully saturated rings. The van der Waals surface area contributed by atoms with Gasteiger partial charge in [-0.1, -0.05) is 46.9 Å². The van der Waals surface area contributed by atoms with Crippen LogP contribution in [0.2, 0.25) is 10.0 Å². The summed E-state index contributed by atoms with van der Waals surface area (Å²) in [5, 5.41) is 18.7. The lowest BCUT2D eigenvalue weighted by molar-refractivity contribution is -0.138. The Bertz CT molecular complexity index is 1360. The Morgan fingerprint density at radius 2 is 1.85 bits per heavy atom. The predicted octanol–water partition coefficient (Wildman–Crippen LogP) is 7.08. The number of carboxylic acid groups (broad SMARTS) is 1. The van der Waals surface area contributed by atoms with Crippen LogP contribution in [0.5, 0.6) is 0 Å². The topological polar surface area (TPSA) is 124 Å². The maximum absolute atomic E-state index is 11.3. The molecular weight excluding hydrogens is 543 g/mol. The average molecular weight is 575 g/mol. The first-order valence-corrected chi connectivity index (χ1v) is 14.5. The summed E-state index contributed by atoms with van der Waals surface area (Å²) in [5.41, 5.74) is 1.55. The summed E-state index contributed by atoms with van der Waals surface area (Å²) in [6.07, 6.45) is 11.1. The number of aromatic nitrogens is 4. The summed E-state index contributed by atoms with van der Waals surface area (Å²) in [5.74, 6) is 1.02. The van der Waals surface area contributed by atoms with Gasteiger partial charge in [-0.25, -0.2) is 0 Å². The van der Waals surface area contributed by atoms with Crippen molar-refractivity contribution in [2.75, 3.05) is 0 Å². The molecule has 0 saturated heterocycles. The molecule has 3 aromatic rings. The molecule has 0 bridgehead atoms. The van der Waals surface area contributed by atoms with Gasteiger partial charge < -0.3 is 18.9 Å². The molecule has 39 heavy (non-hydrogen) atoms. The van der Waals surface area contributed by atoms with Crippen LogP contribution in [0.1, 0.15) is 107 Å². The van der Waals surface area contributed by atoms with E-state index in [0.717, 1.165) is 62.7 Å². The van der Waals surface area contributed by atoms with Crippen molar-refractivity contribution in [3.05, 3.63) is 45.5 Å². The average Bonchev–Trinajstić information content (AvgIpc) is 3.83. The van der Waals surface area contributed by atoms with E-state index in [4.69, 9.17) is 42.0 Å². The van der Waals surface area contributed by atoms with Gasteiger partial charge in [-0.15, -0.1) is 0 Å². The standard InChI is InChI=1S/C28H32Cl2N4O5/c1-3-6-28(26-32-24(34-39-26)16-11-17(16)25(35)36)9-7-27(2,8-10-28)37-14-18-22(33-38-23(18)15-4-5-15)21-19(29)12-31-13-20(21)30/h12-13,15-17H,3-11,14H2,1-2H3,(H,35,36). The molecule has 0 spiro atoms. The van der Waals surface area contributed by atoms with E-state index in [9.17, 15) is 9.90 Å². The second-order valence-corrected chi connectivity index (χ2v) is 12.5. The van der Waals surface area contributed by atoms with E-state index in [1.54, 1.807) is 12.4 Å². The van der Waals surface area contributed by atoms with E-state index < -0.39 is 11.9 Å². The van der Waals surface area contributed by atoms with Crippen LogP contribution in [-0.4, -0.2) is 37.0 Å². The molecule has 6 rings (SSSR count). The van der Waals surface area contributed by atoms with Gasteiger partial charge in [0, 0.05) is 40.8 Å². The highest BCUT2D eigenvalue weighted by atomic mass is 35.5. The van der Waals surface area contributed by atoms with Gasteiger partial charge in [-0.05, 0) is 58.3 Å². The number of nitrogens with zero attached hydrogens (tertiary/aromatic N) is 4. The Morgan fingerprint density at radius 1 is 1.13 bits per heavy atom. The third kappa shape index (κ3) is 5.09. The van der Waals surface area contributed by atoms with Crippen molar-refractivity contribution in [1.29, 1.82) is 0 Å². The molecule has 0 aliphatic heterocycles. The Hall–Kier alpha value is -2.49. The van der Waals surface area contributed by atoms with E-state index in [1.807, 2.05) is 0 Å². The minimum absolute atomic E-state index is 0.142. The summed E-state index contributed by atoms with van der Waals surface area (Å²) in [4.78, 5) is 20.1. The van der Waals surface area contributed by atoms with Gasteiger partial charge in [0.1, 0.15) is 11.5 Å². The monoisotopic (exact) mass is 574 g/mol. The van der Waals surface area contributed by atoms with Crippen molar-refractivity contribution in [2.45, 2.75) is 101 Å². The zero-order valence-corrected chi connectivity index (χ0v) is 23.6. The van der Waals surface area contributed by atoms with E-state index in [1.165, 1.54) is 0 Å². The summed E-state index contributed by atoms with van der Waals surface area (Å²) in [6.45, 7) is 4.66. The molecule has 0 amide bonds. The summed E-state index contributed by atoms with van der Waals surface area (Å²) >= 11 is 12.9. The van der Waals surface area contributed by atoms with Crippen molar-refractivity contribution in [2.24, 2.45) is 5.92 Å². The molecule has 3 saturated carbocycles. The summed E-state index contributed by atoms with van der Waals surface area (Å²) in [6, 6.07) is 0. The largest absolute Gasteiger partial charge is 0.481 e. The van der Waals surface area contributed by atoms with Gasteiger partial charge in [-0.2, -0.15) is 4.98 Å². The zero-order valence-electron chi connectivity index (χ0n) is 22.1. The summed E-state index contributed by atoms with van der Waals surface area (Å²) < 4.78 is 18.2. The molecule has 11 heteroatoms. The van der Waals surface area contributed by atoms with Crippen LogP contribution in [0, 0.1) is 5.92 Å². The van der Waals surface area contributed by atoms with E-state index in [0.29, 0.717) is 52.0 Å².